The minimum Gasteiger partial charge on any atom is -0.297 e. The molecule has 3 aromatic rings. The summed E-state index contributed by atoms with van der Waals surface area (Å²) in [4.78, 5) is 13.5. The van der Waals surface area contributed by atoms with E-state index in [0.717, 1.165) is 26.1 Å². The molecule has 2 aromatic heterocycles. The van der Waals surface area contributed by atoms with Crippen LogP contribution in [-0.4, -0.2) is 6.29 Å². The lowest BCUT2D eigenvalue weighted by atomic mass is 10.2. The number of carbonyl (C=O) groups excluding carboxylic acids is 1. The van der Waals surface area contributed by atoms with Crippen molar-refractivity contribution >= 4 is 39.0 Å². The molecule has 0 saturated heterocycles. The van der Waals surface area contributed by atoms with E-state index in [-0.39, 0.29) is 5.82 Å². The summed E-state index contributed by atoms with van der Waals surface area (Å²) in [6.07, 6.45) is 0.848. The summed E-state index contributed by atoms with van der Waals surface area (Å²) in [5.74, 6) is -0.221. The Labute approximate surface area is 105 Å². The van der Waals surface area contributed by atoms with Gasteiger partial charge in [0.25, 0.3) is 0 Å². The van der Waals surface area contributed by atoms with Gasteiger partial charge in [-0.2, -0.15) is 0 Å². The van der Waals surface area contributed by atoms with Crippen LogP contribution in [-0.2, 0) is 0 Å². The fourth-order valence-electron chi connectivity index (χ4n) is 1.68. The van der Waals surface area contributed by atoms with Crippen molar-refractivity contribution in [3.8, 4) is 9.75 Å². The molecule has 0 aliphatic rings. The first-order chi connectivity index (χ1) is 8.26. The molecule has 17 heavy (non-hydrogen) atoms. The minimum atomic E-state index is -0.221. The van der Waals surface area contributed by atoms with E-state index < -0.39 is 0 Å². The Morgan fingerprint density at radius 3 is 2.65 bits per heavy atom. The molecule has 0 atom stereocenters. The summed E-state index contributed by atoms with van der Waals surface area (Å²) in [7, 11) is 0. The molecule has 2 heterocycles. The van der Waals surface area contributed by atoms with Gasteiger partial charge in [0.05, 0.1) is 4.88 Å². The van der Waals surface area contributed by atoms with E-state index >= 15 is 0 Å². The minimum absolute atomic E-state index is 0.221. The lowest BCUT2D eigenvalue weighted by Gasteiger charge is -1.86. The average Bonchev–Trinajstić information content (AvgIpc) is 2.93. The van der Waals surface area contributed by atoms with Gasteiger partial charge in [-0.05, 0) is 41.8 Å². The number of halogens is 1. The monoisotopic (exact) mass is 262 g/mol. The van der Waals surface area contributed by atoms with Crippen LogP contribution in [0.3, 0.4) is 0 Å². The van der Waals surface area contributed by atoms with Gasteiger partial charge in [0, 0.05) is 14.5 Å². The first-order valence-electron chi connectivity index (χ1n) is 5.01. The standard InChI is InChI=1S/C13H7FOS2/c14-9-1-3-11-8(5-9)6-13(17-11)12-4-2-10(7-15)16-12/h1-7H. The van der Waals surface area contributed by atoms with Crippen LogP contribution < -0.4 is 0 Å². The summed E-state index contributed by atoms with van der Waals surface area (Å²) >= 11 is 3.06. The Morgan fingerprint density at radius 2 is 1.88 bits per heavy atom. The molecule has 0 saturated carbocycles. The predicted molar refractivity (Wildman–Crippen MR) is 70.5 cm³/mol. The molecule has 0 aliphatic carbocycles. The molecule has 0 amide bonds. The second kappa shape index (κ2) is 4.05. The predicted octanol–water partition coefficient (Wildman–Crippen LogP) is 4.58. The number of fused-ring (bicyclic) bond motifs is 1. The van der Waals surface area contributed by atoms with E-state index in [1.165, 1.54) is 23.5 Å². The van der Waals surface area contributed by atoms with E-state index in [4.69, 9.17) is 0 Å². The number of thiophene rings is 2. The van der Waals surface area contributed by atoms with Crippen molar-refractivity contribution in [1.29, 1.82) is 0 Å². The highest BCUT2D eigenvalue weighted by Gasteiger charge is 2.07. The second-order valence-electron chi connectivity index (χ2n) is 3.61. The summed E-state index contributed by atoms with van der Waals surface area (Å²) < 4.78 is 14.1. The fraction of sp³-hybridized carbons (Fsp3) is 0. The van der Waals surface area contributed by atoms with Crippen LogP contribution in [0.25, 0.3) is 19.8 Å². The molecule has 0 unspecified atom stereocenters. The van der Waals surface area contributed by atoms with Crippen molar-refractivity contribution in [3.63, 3.8) is 0 Å². The maximum absolute atomic E-state index is 13.1. The third kappa shape index (κ3) is 1.90. The fourth-order valence-corrected chi connectivity index (χ4v) is 3.63. The highest BCUT2D eigenvalue weighted by molar-refractivity contribution is 7.26. The molecule has 0 radical (unpaired) electrons. The van der Waals surface area contributed by atoms with Crippen molar-refractivity contribution in [3.05, 3.63) is 47.1 Å². The van der Waals surface area contributed by atoms with Gasteiger partial charge in [-0.25, -0.2) is 4.39 Å². The topological polar surface area (TPSA) is 17.1 Å². The number of aldehydes is 1. The SMILES string of the molecule is O=Cc1ccc(-c2cc3cc(F)ccc3s2)s1. The average molecular weight is 262 g/mol. The van der Waals surface area contributed by atoms with Crippen molar-refractivity contribution in [2.24, 2.45) is 0 Å². The molecule has 1 nitrogen and oxygen atoms in total. The summed E-state index contributed by atoms with van der Waals surface area (Å²) in [6.45, 7) is 0. The third-order valence-corrected chi connectivity index (χ3v) is 4.79. The van der Waals surface area contributed by atoms with Crippen LogP contribution in [0, 0.1) is 5.82 Å². The Kier molecular flexibility index (Phi) is 2.53. The molecule has 0 aliphatic heterocycles. The van der Waals surface area contributed by atoms with Gasteiger partial charge in [0.1, 0.15) is 5.82 Å². The van der Waals surface area contributed by atoms with Crippen LogP contribution in [0.1, 0.15) is 9.67 Å². The van der Waals surface area contributed by atoms with Crippen LogP contribution in [0.5, 0.6) is 0 Å². The van der Waals surface area contributed by atoms with Gasteiger partial charge in [-0.3, -0.25) is 4.79 Å². The van der Waals surface area contributed by atoms with E-state index in [1.54, 1.807) is 23.5 Å². The van der Waals surface area contributed by atoms with Crippen LogP contribution in [0.15, 0.2) is 36.4 Å². The molecular weight excluding hydrogens is 255 g/mol. The van der Waals surface area contributed by atoms with Gasteiger partial charge in [-0.15, -0.1) is 22.7 Å². The van der Waals surface area contributed by atoms with Crippen molar-refractivity contribution in [1.82, 2.24) is 0 Å². The Bertz CT molecular complexity index is 696. The molecule has 0 spiro atoms. The van der Waals surface area contributed by atoms with E-state index in [2.05, 4.69) is 0 Å². The van der Waals surface area contributed by atoms with Crippen LogP contribution in [0.4, 0.5) is 4.39 Å². The van der Waals surface area contributed by atoms with E-state index in [9.17, 15) is 9.18 Å². The smallest absolute Gasteiger partial charge is 0.160 e. The van der Waals surface area contributed by atoms with Gasteiger partial charge < -0.3 is 0 Å². The first-order valence-corrected chi connectivity index (χ1v) is 6.64. The van der Waals surface area contributed by atoms with Crippen molar-refractivity contribution in [2.75, 3.05) is 0 Å². The highest BCUT2D eigenvalue weighted by atomic mass is 32.1. The Balaban J connectivity index is 2.14. The Hall–Kier alpha value is -1.52. The Morgan fingerprint density at radius 1 is 1.00 bits per heavy atom. The molecular formula is C13H7FOS2. The summed E-state index contributed by atoms with van der Waals surface area (Å²) in [5.41, 5.74) is 0. The first kappa shape index (κ1) is 10.6. The number of carbonyl (C=O) groups is 1. The molecule has 4 heteroatoms. The zero-order valence-corrected chi connectivity index (χ0v) is 10.3. The number of hydrogen-bond donors (Lipinski definition) is 0. The normalized spacial score (nSPS) is 10.9. The van der Waals surface area contributed by atoms with Crippen molar-refractivity contribution in [2.45, 2.75) is 0 Å². The third-order valence-electron chi connectivity index (χ3n) is 2.46. The van der Waals surface area contributed by atoms with E-state index in [1.807, 2.05) is 12.1 Å². The van der Waals surface area contributed by atoms with Crippen LogP contribution in [0.2, 0.25) is 0 Å². The molecule has 3 rings (SSSR count). The van der Waals surface area contributed by atoms with Gasteiger partial charge in [-0.1, -0.05) is 0 Å². The maximum Gasteiger partial charge on any atom is 0.160 e. The van der Waals surface area contributed by atoms with Crippen LogP contribution >= 0.6 is 22.7 Å². The summed E-state index contributed by atoms with van der Waals surface area (Å²) in [5, 5.41) is 0.908. The molecule has 1 aromatic carbocycles. The van der Waals surface area contributed by atoms with Gasteiger partial charge >= 0.3 is 0 Å². The van der Waals surface area contributed by atoms with E-state index in [0.29, 0.717) is 4.88 Å². The maximum atomic E-state index is 13.1. The molecule has 0 bridgehead atoms. The second-order valence-corrected chi connectivity index (χ2v) is 5.81. The summed E-state index contributed by atoms with van der Waals surface area (Å²) in [6, 6.07) is 10.5. The van der Waals surface area contributed by atoms with Gasteiger partial charge in [0.2, 0.25) is 0 Å². The van der Waals surface area contributed by atoms with Gasteiger partial charge in [0.15, 0.2) is 6.29 Å². The molecule has 84 valence electrons. The number of rotatable bonds is 2. The lowest BCUT2D eigenvalue weighted by Crippen LogP contribution is -1.68. The highest BCUT2D eigenvalue weighted by Crippen LogP contribution is 2.37. The lowest BCUT2D eigenvalue weighted by molar-refractivity contribution is 0.112. The zero-order valence-electron chi connectivity index (χ0n) is 8.64. The molecule has 0 fully saturated rings. The van der Waals surface area contributed by atoms with Crippen molar-refractivity contribution < 1.29 is 9.18 Å². The zero-order chi connectivity index (χ0) is 11.8. The largest absolute Gasteiger partial charge is 0.297 e. The molecule has 0 N–H and O–H groups in total. The quantitative estimate of drug-likeness (QED) is 0.618. The number of hydrogen-bond acceptors (Lipinski definition) is 3. The number of benzene rings is 1.